The number of aromatic nitrogens is 4. The van der Waals surface area contributed by atoms with Crippen LogP contribution in [0.3, 0.4) is 0 Å². The van der Waals surface area contributed by atoms with Crippen LogP contribution in [0, 0.1) is 5.82 Å². The maximum atomic E-state index is 13.7. The molecule has 0 saturated heterocycles. The molecule has 25 heavy (non-hydrogen) atoms. The van der Waals surface area contributed by atoms with Crippen molar-refractivity contribution in [2.45, 2.75) is 19.4 Å². The van der Waals surface area contributed by atoms with Crippen LogP contribution in [0.25, 0.3) is 33.4 Å². The normalized spacial score (nSPS) is 13.3. The average Bonchev–Trinajstić information content (AvgIpc) is 3.22. The summed E-state index contributed by atoms with van der Waals surface area (Å²) in [5, 5.41) is 4.77. The van der Waals surface area contributed by atoms with Gasteiger partial charge < -0.3 is 0 Å². The Balaban J connectivity index is 1.76. The molecule has 1 aliphatic rings. The van der Waals surface area contributed by atoms with Crippen molar-refractivity contribution in [3.05, 3.63) is 66.4 Å². The van der Waals surface area contributed by atoms with Crippen LogP contribution >= 0.6 is 0 Å². The minimum atomic E-state index is -0.249. The molecule has 2 aromatic heterocycles. The highest BCUT2D eigenvalue weighted by Gasteiger charge is 2.24. The van der Waals surface area contributed by atoms with Crippen LogP contribution in [0.1, 0.15) is 12.1 Å². The van der Waals surface area contributed by atoms with E-state index in [1.807, 2.05) is 18.2 Å². The third-order valence-corrected chi connectivity index (χ3v) is 4.70. The lowest BCUT2D eigenvalue weighted by molar-refractivity contribution is 0.627. The lowest BCUT2D eigenvalue weighted by Gasteiger charge is -2.07. The molecule has 5 rings (SSSR count). The monoisotopic (exact) mass is 330 g/mol. The van der Waals surface area contributed by atoms with Crippen molar-refractivity contribution in [1.82, 2.24) is 19.7 Å². The van der Waals surface area contributed by atoms with Gasteiger partial charge in [0.15, 0.2) is 0 Å². The van der Waals surface area contributed by atoms with E-state index in [4.69, 9.17) is 5.10 Å². The number of rotatable bonds is 2. The van der Waals surface area contributed by atoms with Gasteiger partial charge in [-0.2, -0.15) is 5.10 Å². The molecule has 0 aliphatic carbocycles. The second kappa shape index (κ2) is 5.48. The number of fused-ring (bicyclic) bond motifs is 2. The fourth-order valence-electron chi connectivity index (χ4n) is 3.59. The van der Waals surface area contributed by atoms with Crippen LogP contribution < -0.4 is 0 Å². The topological polar surface area (TPSA) is 43.6 Å². The molecule has 4 aromatic rings. The van der Waals surface area contributed by atoms with Gasteiger partial charge in [-0.3, -0.25) is 14.6 Å². The predicted molar refractivity (Wildman–Crippen MR) is 94.5 cm³/mol. The number of aryl methyl sites for hydroxylation is 1. The van der Waals surface area contributed by atoms with E-state index in [-0.39, 0.29) is 5.82 Å². The van der Waals surface area contributed by atoms with Crippen molar-refractivity contribution in [3.8, 4) is 22.4 Å². The zero-order chi connectivity index (χ0) is 16.8. The first-order valence-corrected chi connectivity index (χ1v) is 8.36. The number of nitrogens with zero attached hydrogens (tertiary/aromatic N) is 4. The van der Waals surface area contributed by atoms with Crippen LogP contribution in [0.15, 0.2) is 54.9 Å². The summed E-state index contributed by atoms with van der Waals surface area (Å²) in [5.41, 5.74) is 6.69. The number of hydrogen-bond acceptors (Lipinski definition) is 3. The minimum Gasteiger partial charge on any atom is -0.268 e. The van der Waals surface area contributed by atoms with Gasteiger partial charge in [0.25, 0.3) is 0 Å². The molecule has 122 valence electrons. The summed E-state index contributed by atoms with van der Waals surface area (Å²) in [4.78, 5) is 8.75. The SMILES string of the molecule is Fc1cccc(-c2nn3c(c2-c2ccc4nccnc4c2)CCC3)c1. The van der Waals surface area contributed by atoms with Gasteiger partial charge in [-0.15, -0.1) is 0 Å². The van der Waals surface area contributed by atoms with Crippen LogP contribution in [0.2, 0.25) is 0 Å². The van der Waals surface area contributed by atoms with E-state index in [2.05, 4.69) is 20.7 Å². The van der Waals surface area contributed by atoms with Crippen molar-refractivity contribution < 1.29 is 4.39 Å². The quantitative estimate of drug-likeness (QED) is 0.552. The van der Waals surface area contributed by atoms with Gasteiger partial charge in [-0.25, -0.2) is 4.39 Å². The van der Waals surface area contributed by atoms with E-state index in [0.29, 0.717) is 0 Å². The lowest BCUT2D eigenvalue weighted by atomic mass is 9.97. The predicted octanol–water partition coefficient (Wildman–Crippen LogP) is 4.25. The fraction of sp³-hybridized carbons (Fsp3) is 0.150. The van der Waals surface area contributed by atoms with E-state index in [1.54, 1.807) is 24.5 Å². The van der Waals surface area contributed by atoms with Crippen molar-refractivity contribution in [2.24, 2.45) is 0 Å². The molecule has 0 fully saturated rings. The Bertz CT molecular complexity index is 1100. The fourth-order valence-corrected chi connectivity index (χ4v) is 3.59. The average molecular weight is 330 g/mol. The first kappa shape index (κ1) is 14.3. The van der Waals surface area contributed by atoms with Crippen LogP contribution in [-0.4, -0.2) is 19.7 Å². The van der Waals surface area contributed by atoms with Crippen molar-refractivity contribution in [2.75, 3.05) is 0 Å². The lowest BCUT2D eigenvalue weighted by Crippen LogP contribution is -1.94. The van der Waals surface area contributed by atoms with Gasteiger partial charge in [0, 0.05) is 35.8 Å². The standard InChI is InChI=1S/C20H15FN4/c21-15-4-1-3-14(11-15)20-19(18-5-2-10-25(18)24-20)13-6-7-16-17(12-13)23-9-8-22-16/h1,3-4,6-9,11-12H,2,5,10H2. The highest BCUT2D eigenvalue weighted by atomic mass is 19.1. The molecule has 0 N–H and O–H groups in total. The molecular formula is C20H15FN4. The van der Waals surface area contributed by atoms with Crippen molar-refractivity contribution in [1.29, 1.82) is 0 Å². The highest BCUT2D eigenvalue weighted by Crippen LogP contribution is 2.38. The Hall–Kier alpha value is -3.08. The van der Waals surface area contributed by atoms with Gasteiger partial charge in [0.05, 0.1) is 11.0 Å². The van der Waals surface area contributed by atoms with Gasteiger partial charge in [0.1, 0.15) is 11.5 Å². The first-order chi connectivity index (χ1) is 12.3. The number of hydrogen-bond donors (Lipinski definition) is 0. The second-order valence-corrected chi connectivity index (χ2v) is 6.27. The Morgan fingerprint density at radius 2 is 1.80 bits per heavy atom. The zero-order valence-corrected chi connectivity index (χ0v) is 13.5. The molecule has 0 atom stereocenters. The first-order valence-electron chi connectivity index (χ1n) is 8.36. The zero-order valence-electron chi connectivity index (χ0n) is 13.5. The number of benzene rings is 2. The molecule has 4 nitrogen and oxygen atoms in total. The summed E-state index contributed by atoms with van der Waals surface area (Å²) in [6.07, 6.45) is 5.46. The Morgan fingerprint density at radius 1 is 0.920 bits per heavy atom. The van der Waals surface area contributed by atoms with Gasteiger partial charge >= 0.3 is 0 Å². The molecule has 0 amide bonds. The largest absolute Gasteiger partial charge is 0.268 e. The molecule has 0 spiro atoms. The molecule has 5 heteroatoms. The summed E-state index contributed by atoms with van der Waals surface area (Å²) >= 11 is 0. The molecule has 3 heterocycles. The van der Waals surface area contributed by atoms with Gasteiger partial charge in [-0.05, 0) is 42.7 Å². The third kappa shape index (κ3) is 2.31. The summed E-state index contributed by atoms with van der Waals surface area (Å²) in [6, 6.07) is 12.7. The molecule has 0 radical (unpaired) electrons. The summed E-state index contributed by atoms with van der Waals surface area (Å²) < 4.78 is 15.8. The van der Waals surface area contributed by atoms with E-state index in [0.717, 1.165) is 52.8 Å². The molecule has 1 aliphatic heterocycles. The summed E-state index contributed by atoms with van der Waals surface area (Å²) in [6.45, 7) is 0.908. The Labute approximate surface area is 144 Å². The van der Waals surface area contributed by atoms with Gasteiger partial charge in [-0.1, -0.05) is 18.2 Å². The summed E-state index contributed by atoms with van der Waals surface area (Å²) in [7, 11) is 0. The van der Waals surface area contributed by atoms with E-state index < -0.39 is 0 Å². The molecule has 0 bridgehead atoms. The summed E-state index contributed by atoms with van der Waals surface area (Å²) in [5.74, 6) is -0.249. The maximum absolute atomic E-state index is 13.7. The third-order valence-electron chi connectivity index (χ3n) is 4.70. The van der Waals surface area contributed by atoms with E-state index >= 15 is 0 Å². The maximum Gasteiger partial charge on any atom is 0.123 e. The molecule has 0 saturated carbocycles. The van der Waals surface area contributed by atoms with Crippen LogP contribution in [0.5, 0.6) is 0 Å². The Morgan fingerprint density at radius 3 is 2.68 bits per heavy atom. The number of halogens is 1. The molecule has 0 unspecified atom stereocenters. The van der Waals surface area contributed by atoms with E-state index in [1.165, 1.54) is 11.8 Å². The van der Waals surface area contributed by atoms with Crippen LogP contribution in [0.4, 0.5) is 4.39 Å². The van der Waals surface area contributed by atoms with Crippen molar-refractivity contribution in [3.63, 3.8) is 0 Å². The molecule has 2 aromatic carbocycles. The van der Waals surface area contributed by atoms with Gasteiger partial charge in [0.2, 0.25) is 0 Å². The Kier molecular flexibility index (Phi) is 3.13. The second-order valence-electron chi connectivity index (χ2n) is 6.27. The van der Waals surface area contributed by atoms with E-state index in [9.17, 15) is 4.39 Å². The highest BCUT2D eigenvalue weighted by molar-refractivity contribution is 5.88. The van der Waals surface area contributed by atoms with Crippen LogP contribution in [-0.2, 0) is 13.0 Å². The smallest absolute Gasteiger partial charge is 0.123 e. The minimum absolute atomic E-state index is 0.249. The van der Waals surface area contributed by atoms with Crippen molar-refractivity contribution >= 4 is 11.0 Å². The molecular weight excluding hydrogens is 315 g/mol.